The molecule has 1 heterocycles. The van der Waals surface area contributed by atoms with Crippen molar-refractivity contribution in [1.82, 2.24) is 0 Å². The van der Waals surface area contributed by atoms with Crippen LogP contribution in [0.15, 0.2) is 0 Å². The van der Waals surface area contributed by atoms with Gasteiger partial charge in [-0.2, -0.15) is 0 Å². The van der Waals surface area contributed by atoms with Crippen LogP contribution < -0.4 is 0 Å². The summed E-state index contributed by atoms with van der Waals surface area (Å²) in [4.78, 5) is 0. The third-order valence-corrected chi connectivity index (χ3v) is 4.89. The Kier molecular flexibility index (Phi) is 5.86. The molecule has 0 unspecified atom stereocenters. The Hall–Kier alpha value is 0.500. The maximum absolute atomic E-state index is 5.93. The molecule has 0 radical (unpaired) electrons. The molecule has 1 aliphatic rings. The Morgan fingerprint density at radius 3 is 1.25 bits per heavy atom. The SMILES string of the molecule is CC[N+]1(CCCl)CC[N+](CC)(CCCl)CC1. The molecule has 1 rings (SSSR count). The highest BCUT2D eigenvalue weighted by molar-refractivity contribution is 6.18. The second-order valence-corrected chi connectivity index (χ2v) is 5.79. The van der Waals surface area contributed by atoms with E-state index in [0.29, 0.717) is 0 Å². The second-order valence-electron chi connectivity index (χ2n) is 5.04. The van der Waals surface area contributed by atoms with Crippen LogP contribution in [0.1, 0.15) is 13.8 Å². The molecule has 0 N–H and O–H groups in total. The maximum atomic E-state index is 5.93. The van der Waals surface area contributed by atoms with Crippen molar-refractivity contribution in [2.75, 3.05) is 64.1 Å². The van der Waals surface area contributed by atoms with Gasteiger partial charge in [0.1, 0.15) is 26.2 Å². The van der Waals surface area contributed by atoms with Crippen molar-refractivity contribution in [3.05, 3.63) is 0 Å². The van der Waals surface area contributed by atoms with E-state index in [4.69, 9.17) is 23.2 Å². The predicted octanol–water partition coefficient (Wildman–Crippen LogP) is 2.15. The Balaban J connectivity index is 2.59. The highest BCUT2D eigenvalue weighted by Crippen LogP contribution is 2.19. The van der Waals surface area contributed by atoms with E-state index in [1.54, 1.807) is 0 Å². The first-order valence-corrected chi connectivity index (χ1v) is 7.55. The lowest BCUT2D eigenvalue weighted by Gasteiger charge is -2.49. The first-order valence-electron chi connectivity index (χ1n) is 6.48. The summed E-state index contributed by atoms with van der Waals surface area (Å²) in [6.07, 6.45) is 0. The van der Waals surface area contributed by atoms with Gasteiger partial charge < -0.3 is 8.97 Å². The number of alkyl halides is 2. The first-order chi connectivity index (χ1) is 7.66. The van der Waals surface area contributed by atoms with Gasteiger partial charge >= 0.3 is 0 Å². The summed E-state index contributed by atoms with van der Waals surface area (Å²) in [5.41, 5.74) is 0. The zero-order chi connectivity index (χ0) is 12.1. The van der Waals surface area contributed by atoms with Gasteiger partial charge in [-0.1, -0.05) is 0 Å². The van der Waals surface area contributed by atoms with E-state index >= 15 is 0 Å². The van der Waals surface area contributed by atoms with Crippen molar-refractivity contribution >= 4 is 23.2 Å². The molecular formula is C12H26Cl2N2+2. The lowest BCUT2D eigenvalue weighted by atomic mass is 10.2. The Labute approximate surface area is 110 Å². The van der Waals surface area contributed by atoms with Crippen LogP contribution >= 0.6 is 23.2 Å². The monoisotopic (exact) mass is 268 g/mol. The largest absolute Gasteiger partial charge is 0.314 e. The third kappa shape index (κ3) is 3.25. The molecule has 0 atom stereocenters. The fourth-order valence-corrected chi connectivity index (χ4v) is 3.54. The molecule has 0 bridgehead atoms. The number of quaternary nitrogens is 2. The van der Waals surface area contributed by atoms with E-state index in [1.165, 1.54) is 48.2 Å². The molecule has 96 valence electrons. The number of rotatable bonds is 6. The van der Waals surface area contributed by atoms with Gasteiger partial charge in [0.2, 0.25) is 0 Å². The molecular weight excluding hydrogens is 243 g/mol. The third-order valence-electron chi connectivity index (χ3n) is 4.56. The Bertz CT molecular complexity index is 179. The average Bonchev–Trinajstić information content (AvgIpc) is 2.33. The second kappa shape index (κ2) is 6.44. The molecule has 16 heavy (non-hydrogen) atoms. The van der Waals surface area contributed by atoms with Gasteiger partial charge in [0.25, 0.3) is 0 Å². The highest BCUT2D eigenvalue weighted by Gasteiger charge is 2.39. The minimum atomic E-state index is 0.787. The van der Waals surface area contributed by atoms with Crippen LogP contribution in [0.4, 0.5) is 0 Å². The number of nitrogens with zero attached hydrogens (tertiary/aromatic N) is 2. The highest BCUT2D eigenvalue weighted by atomic mass is 35.5. The van der Waals surface area contributed by atoms with E-state index in [1.807, 2.05) is 0 Å². The number of piperazine rings is 1. The fourth-order valence-electron chi connectivity index (χ4n) is 2.83. The quantitative estimate of drug-likeness (QED) is 0.512. The van der Waals surface area contributed by atoms with Crippen LogP contribution in [-0.2, 0) is 0 Å². The lowest BCUT2D eigenvalue weighted by Crippen LogP contribution is -2.67. The number of hydrogen-bond acceptors (Lipinski definition) is 0. The summed E-state index contributed by atoms with van der Waals surface area (Å²) in [5, 5.41) is 0. The van der Waals surface area contributed by atoms with Crippen molar-refractivity contribution in [2.45, 2.75) is 13.8 Å². The van der Waals surface area contributed by atoms with Gasteiger partial charge in [0.05, 0.1) is 37.9 Å². The van der Waals surface area contributed by atoms with Gasteiger partial charge in [-0.15, -0.1) is 23.2 Å². The summed E-state index contributed by atoms with van der Waals surface area (Å²) in [6.45, 7) is 14.4. The van der Waals surface area contributed by atoms with Gasteiger partial charge in [-0.05, 0) is 13.8 Å². The molecule has 0 aromatic carbocycles. The molecule has 0 spiro atoms. The van der Waals surface area contributed by atoms with Gasteiger partial charge in [0.15, 0.2) is 0 Å². The minimum Gasteiger partial charge on any atom is -0.314 e. The molecule has 1 aliphatic heterocycles. The van der Waals surface area contributed by atoms with Crippen LogP contribution in [0.3, 0.4) is 0 Å². The zero-order valence-corrected chi connectivity index (χ0v) is 12.2. The molecule has 1 saturated heterocycles. The molecule has 0 aromatic heterocycles. The molecule has 0 amide bonds. The Morgan fingerprint density at radius 1 is 0.750 bits per heavy atom. The van der Waals surface area contributed by atoms with Gasteiger partial charge in [-0.25, -0.2) is 0 Å². The summed E-state index contributed by atoms with van der Waals surface area (Å²) >= 11 is 11.9. The molecule has 1 fully saturated rings. The minimum absolute atomic E-state index is 0.787. The van der Waals surface area contributed by atoms with E-state index in [-0.39, 0.29) is 0 Å². The van der Waals surface area contributed by atoms with Crippen molar-refractivity contribution in [2.24, 2.45) is 0 Å². The molecule has 0 aromatic rings. The fraction of sp³-hybridized carbons (Fsp3) is 1.00. The topological polar surface area (TPSA) is 0 Å². The summed E-state index contributed by atoms with van der Waals surface area (Å²) < 4.78 is 2.43. The number of hydrogen-bond donors (Lipinski definition) is 0. The van der Waals surface area contributed by atoms with Gasteiger partial charge in [0, 0.05) is 0 Å². The number of halogens is 2. The molecule has 4 heteroatoms. The van der Waals surface area contributed by atoms with Crippen molar-refractivity contribution in [3.63, 3.8) is 0 Å². The Morgan fingerprint density at radius 2 is 1.06 bits per heavy atom. The maximum Gasteiger partial charge on any atom is 0.129 e. The smallest absolute Gasteiger partial charge is 0.129 e. The molecule has 0 aliphatic carbocycles. The number of likely N-dealkylation sites (N-methyl/N-ethyl adjacent to an activating group) is 2. The summed E-state index contributed by atoms with van der Waals surface area (Å²) in [7, 11) is 0. The molecule has 0 saturated carbocycles. The van der Waals surface area contributed by atoms with Crippen LogP contribution in [0, 0.1) is 0 Å². The van der Waals surface area contributed by atoms with Crippen molar-refractivity contribution < 1.29 is 8.97 Å². The van der Waals surface area contributed by atoms with Crippen molar-refractivity contribution in [1.29, 1.82) is 0 Å². The summed E-state index contributed by atoms with van der Waals surface area (Å²) in [5.74, 6) is 1.57. The zero-order valence-electron chi connectivity index (χ0n) is 10.7. The molecule has 2 nitrogen and oxygen atoms in total. The standard InChI is InChI=1S/C12H26Cl2N2/c1-3-15(7-5-13)9-11-16(4-2,8-6-14)12-10-15/h3-12H2,1-2H3/q+2. The van der Waals surface area contributed by atoms with E-state index < -0.39 is 0 Å². The lowest BCUT2D eigenvalue weighted by molar-refractivity contribution is -1.03. The van der Waals surface area contributed by atoms with E-state index in [9.17, 15) is 0 Å². The van der Waals surface area contributed by atoms with Crippen LogP contribution in [0.5, 0.6) is 0 Å². The normalized spacial score (nSPS) is 35.2. The van der Waals surface area contributed by atoms with Crippen molar-refractivity contribution in [3.8, 4) is 0 Å². The van der Waals surface area contributed by atoms with Crippen LogP contribution in [0.2, 0.25) is 0 Å². The van der Waals surface area contributed by atoms with Gasteiger partial charge in [-0.3, -0.25) is 0 Å². The van der Waals surface area contributed by atoms with E-state index in [0.717, 1.165) is 24.8 Å². The van der Waals surface area contributed by atoms with Crippen LogP contribution in [-0.4, -0.2) is 73.1 Å². The van der Waals surface area contributed by atoms with Crippen LogP contribution in [0.25, 0.3) is 0 Å². The summed E-state index contributed by atoms with van der Waals surface area (Å²) in [6, 6.07) is 0. The van der Waals surface area contributed by atoms with E-state index in [2.05, 4.69) is 13.8 Å². The first kappa shape index (κ1) is 14.6. The predicted molar refractivity (Wildman–Crippen MR) is 72.2 cm³/mol. The average molecular weight is 269 g/mol.